The molecule has 0 atom stereocenters. The molecule has 1 heterocycles. The molecule has 0 radical (unpaired) electrons. The topological polar surface area (TPSA) is 45.8 Å². The molecule has 1 N–H and O–H groups in total. The quantitative estimate of drug-likeness (QED) is 0.878. The zero-order valence-corrected chi connectivity index (χ0v) is 12.3. The van der Waals surface area contributed by atoms with Gasteiger partial charge in [-0.25, -0.2) is 4.98 Å². The maximum Gasteiger partial charge on any atom is 0.417 e. The Kier molecular flexibility index (Phi) is 3.39. The van der Waals surface area contributed by atoms with E-state index in [0.29, 0.717) is 10.2 Å². The Morgan fingerprint density at radius 1 is 1.24 bits per heavy atom. The first-order valence-electron chi connectivity index (χ1n) is 6.34. The van der Waals surface area contributed by atoms with E-state index in [-0.39, 0.29) is 17.3 Å². The van der Waals surface area contributed by atoms with Crippen molar-refractivity contribution in [2.45, 2.75) is 24.9 Å². The van der Waals surface area contributed by atoms with E-state index in [1.165, 1.54) is 18.2 Å². The maximum atomic E-state index is 13.1. The number of alkyl halides is 3. The first-order valence-corrected chi connectivity index (χ1v) is 7.13. The number of hydrogen-bond acceptors (Lipinski definition) is 2. The Hall–Kier alpha value is -1.63. The van der Waals surface area contributed by atoms with Crippen LogP contribution in [0.1, 0.15) is 30.0 Å². The fraction of sp³-hybridized carbons (Fsp3) is 0.286. The van der Waals surface area contributed by atoms with E-state index in [1.807, 2.05) is 0 Å². The highest BCUT2D eigenvalue weighted by atomic mass is 79.9. The third-order valence-corrected chi connectivity index (χ3v) is 4.11. The van der Waals surface area contributed by atoms with Gasteiger partial charge in [-0.2, -0.15) is 13.2 Å². The third kappa shape index (κ3) is 2.74. The molecule has 21 heavy (non-hydrogen) atoms. The van der Waals surface area contributed by atoms with Crippen LogP contribution < -0.4 is 5.56 Å². The van der Waals surface area contributed by atoms with Crippen LogP contribution in [0.5, 0.6) is 0 Å². The summed E-state index contributed by atoms with van der Waals surface area (Å²) in [6.45, 7) is 0. The Morgan fingerprint density at radius 3 is 2.52 bits per heavy atom. The summed E-state index contributed by atoms with van der Waals surface area (Å²) in [6.07, 6.45) is -2.70. The summed E-state index contributed by atoms with van der Waals surface area (Å²) < 4.78 is 39.5. The van der Waals surface area contributed by atoms with E-state index in [1.54, 1.807) is 0 Å². The van der Waals surface area contributed by atoms with Crippen LogP contribution in [0.2, 0.25) is 0 Å². The summed E-state index contributed by atoms with van der Waals surface area (Å²) >= 11 is 3.16. The van der Waals surface area contributed by atoms with Gasteiger partial charge < -0.3 is 4.98 Å². The smallest absolute Gasteiger partial charge is 0.306 e. The van der Waals surface area contributed by atoms with Gasteiger partial charge in [-0.3, -0.25) is 4.79 Å². The van der Waals surface area contributed by atoms with Crippen molar-refractivity contribution in [3.63, 3.8) is 0 Å². The van der Waals surface area contributed by atoms with E-state index in [2.05, 4.69) is 25.9 Å². The summed E-state index contributed by atoms with van der Waals surface area (Å²) in [7, 11) is 0. The third-order valence-electron chi connectivity index (χ3n) is 3.34. The van der Waals surface area contributed by atoms with Crippen LogP contribution in [-0.2, 0) is 6.18 Å². The lowest BCUT2D eigenvalue weighted by Crippen LogP contribution is -2.15. The second-order valence-electron chi connectivity index (χ2n) is 4.93. The van der Waals surface area contributed by atoms with Gasteiger partial charge >= 0.3 is 6.18 Å². The van der Waals surface area contributed by atoms with E-state index < -0.39 is 17.3 Å². The van der Waals surface area contributed by atoms with Crippen LogP contribution in [0.3, 0.4) is 0 Å². The van der Waals surface area contributed by atoms with Crippen LogP contribution in [-0.4, -0.2) is 9.97 Å². The summed E-state index contributed by atoms with van der Waals surface area (Å²) in [4.78, 5) is 18.6. The SMILES string of the molecule is O=c1[nH]c(-c2ccccc2C(F)(F)F)nc(C2CC2)c1Br. The summed E-state index contributed by atoms with van der Waals surface area (Å²) in [5.41, 5.74) is -0.849. The molecule has 0 aliphatic heterocycles. The highest BCUT2D eigenvalue weighted by Crippen LogP contribution is 2.42. The molecule has 1 fully saturated rings. The van der Waals surface area contributed by atoms with Gasteiger partial charge in [0.15, 0.2) is 0 Å². The van der Waals surface area contributed by atoms with E-state index in [0.717, 1.165) is 18.9 Å². The molecule has 2 aromatic rings. The first-order chi connectivity index (χ1) is 9.88. The van der Waals surface area contributed by atoms with E-state index in [9.17, 15) is 18.0 Å². The number of hydrogen-bond donors (Lipinski definition) is 1. The highest BCUT2D eigenvalue weighted by molar-refractivity contribution is 9.10. The molecule has 0 spiro atoms. The molecule has 3 nitrogen and oxygen atoms in total. The van der Waals surface area contributed by atoms with Crippen molar-refractivity contribution in [1.82, 2.24) is 9.97 Å². The molecule has 0 saturated heterocycles. The monoisotopic (exact) mass is 358 g/mol. The highest BCUT2D eigenvalue weighted by Gasteiger charge is 2.35. The number of nitrogens with zero attached hydrogens (tertiary/aromatic N) is 1. The molecule has 1 aromatic carbocycles. The van der Waals surface area contributed by atoms with Gasteiger partial charge in [0.05, 0.1) is 11.3 Å². The predicted octanol–water partition coefficient (Wildman–Crippen LogP) is 4.10. The van der Waals surface area contributed by atoms with Crippen molar-refractivity contribution in [3.05, 3.63) is 50.3 Å². The van der Waals surface area contributed by atoms with Gasteiger partial charge in [0, 0.05) is 11.5 Å². The standard InChI is InChI=1S/C14H10BrF3N2O/c15-10-11(7-5-6-7)19-12(20-13(10)21)8-3-1-2-4-9(8)14(16,17)18/h1-4,7H,5-6H2,(H,19,20,21). The lowest BCUT2D eigenvalue weighted by Gasteiger charge is -2.13. The predicted molar refractivity (Wildman–Crippen MR) is 75.0 cm³/mol. The van der Waals surface area contributed by atoms with E-state index in [4.69, 9.17) is 0 Å². The molecular weight excluding hydrogens is 349 g/mol. The molecule has 3 rings (SSSR count). The molecule has 0 bridgehead atoms. The van der Waals surface area contributed by atoms with Gasteiger partial charge in [0.2, 0.25) is 0 Å². The number of aromatic nitrogens is 2. The Bertz CT molecular complexity index is 751. The lowest BCUT2D eigenvalue weighted by atomic mass is 10.1. The zero-order chi connectivity index (χ0) is 15.2. The summed E-state index contributed by atoms with van der Waals surface area (Å²) in [5.74, 6) is 0.108. The van der Waals surface area contributed by atoms with Crippen molar-refractivity contribution in [2.24, 2.45) is 0 Å². The molecule has 7 heteroatoms. The minimum absolute atomic E-state index is 0.0435. The van der Waals surface area contributed by atoms with Crippen molar-refractivity contribution in [3.8, 4) is 11.4 Å². The molecule has 1 saturated carbocycles. The minimum atomic E-state index is -4.50. The van der Waals surface area contributed by atoms with Crippen LogP contribution in [0.15, 0.2) is 33.5 Å². The van der Waals surface area contributed by atoms with Gasteiger partial charge in [-0.05, 0) is 34.8 Å². The molecule has 0 unspecified atom stereocenters. The summed E-state index contributed by atoms with van der Waals surface area (Å²) in [6, 6.07) is 5.09. The first kappa shape index (κ1) is 14.3. The molecule has 0 amide bonds. The zero-order valence-electron chi connectivity index (χ0n) is 10.7. The summed E-state index contributed by atoms with van der Waals surface area (Å²) in [5, 5.41) is 0. The number of halogens is 4. The van der Waals surface area contributed by atoms with Crippen LogP contribution in [0.25, 0.3) is 11.4 Å². The van der Waals surface area contributed by atoms with Crippen molar-refractivity contribution < 1.29 is 13.2 Å². The Labute approximate surface area is 126 Å². The number of H-pyrrole nitrogens is 1. The Morgan fingerprint density at radius 2 is 1.90 bits per heavy atom. The number of aromatic amines is 1. The van der Waals surface area contributed by atoms with Gasteiger partial charge in [-0.1, -0.05) is 18.2 Å². The van der Waals surface area contributed by atoms with Crippen LogP contribution in [0, 0.1) is 0 Å². The average Bonchev–Trinajstić information content (AvgIpc) is 3.25. The molecular formula is C14H10BrF3N2O. The Balaban J connectivity index is 2.20. The lowest BCUT2D eigenvalue weighted by molar-refractivity contribution is -0.137. The molecule has 110 valence electrons. The fourth-order valence-corrected chi connectivity index (χ4v) is 2.68. The van der Waals surface area contributed by atoms with Gasteiger partial charge in [0.1, 0.15) is 10.3 Å². The number of rotatable bonds is 2. The van der Waals surface area contributed by atoms with E-state index >= 15 is 0 Å². The normalized spacial score (nSPS) is 15.2. The minimum Gasteiger partial charge on any atom is -0.306 e. The van der Waals surface area contributed by atoms with Gasteiger partial charge in [0.25, 0.3) is 5.56 Å². The maximum absolute atomic E-state index is 13.1. The van der Waals surface area contributed by atoms with Crippen molar-refractivity contribution in [1.29, 1.82) is 0 Å². The number of nitrogens with one attached hydrogen (secondary N) is 1. The second kappa shape index (κ2) is 4.98. The molecule has 1 aromatic heterocycles. The van der Waals surface area contributed by atoms with Crippen LogP contribution >= 0.6 is 15.9 Å². The fourth-order valence-electron chi connectivity index (χ4n) is 2.17. The van der Waals surface area contributed by atoms with Crippen molar-refractivity contribution in [2.75, 3.05) is 0 Å². The van der Waals surface area contributed by atoms with Crippen LogP contribution in [0.4, 0.5) is 13.2 Å². The largest absolute Gasteiger partial charge is 0.417 e. The molecule has 1 aliphatic rings. The second-order valence-corrected chi connectivity index (χ2v) is 5.72. The van der Waals surface area contributed by atoms with Crippen molar-refractivity contribution >= 4 is 15.9 Å². The molecule has 1 aliphatic carbocycles. The average molecular weight is 359 g/mol. The number of benzene rings is 1. The van der Waals surface area contributed by atoms with Gasteiger partial charge in [-0.15, -0.1) is 0 Å².